The van der Waals surface area contributed by atoms with Crippen molar-refractivity contribution < 1.29 is 19.1 Å². The maximum atomic E-state index is 12.4. The van der Waals surface area contributed by atoms with Gasteiger partial charge in [-0.25, -0.2) is 9.59 Å². The summed E-state index contributed by atoms with van der Waals surface area (Å²) in [5.74, 6) is -0.669. The third-order valence-corrected chi connectivity index (χ3v) is 5.65. The Morgan fingerprint density at radius 3 is 1.50 bits per heavy atom. The van der Waals surface area contributed by atoms with E-state index in [1.165, 1.54) is 77.0 Å². The van der Waals surface area contributed by atoms with Gasteiger partial charge in [-0.1, -0.05) is 116 Å². The van der Waals surface area contributed by atoms with Crippen LogP contribution in [-0.4, -0.2) is 25.2 Å². The molecule has 0 amide bonds. The molecular weight excluding hydrogens is 400 g/mol. The summed E-state index contributed by atoms with van der Waals surface area (Å²) in [6.07, 6.45) is 18.1. The topological polar surface area (TPSA) is 52.6 Å². The first-order valence-electron chi connectivity index (χ1n) is 13.0. The molecule has 0 heterocycles. The van der Waals surface area contributed by atoms with Crippen LogP contribution >= 0.6 is 0 Å². The minimum Gasteiger partial charge on any atom is -0.462 e. The molecule has 0 N–H and O–H groups in total. The first kappa shape index (κ1) is 28.2. The first-order chi connectivity index (χ1) is 15.6. The molecule has 0 atom stereocenters. The molecule has 0 bridgehead atoms. The molecule has 4 nitrogen and oxygen atoms in total. The lowest BCUT2D eigenvalue weighted by Gasteiger charge is -2.11. The highest BCUT2D eigenvalue weighted by atomic mass is 16.5. The fourth-order valence-electron chi connectivity index (χ4n) is 3.70. The van der Waals surface area contributed by atoms with E-state index in [2.05, 4.69) is 6.92 Å². The van der Waals surface area contributed by atoms with Crippen LogP contribution in [0.4, 0.5) is 0 Å². The van der Waals surface area contributed by atoms with Gasteiger partial charge in [0.25, 0.3) is 0 Å². The highest BCUT2D eigenvalue weighted by molar-refractivity contribution is 6.03. The molecule has 0 spiro atoms. The summed E-state index contributed by atoms with van der Waals surface area (Å²) in [4.78, 5) is 24.7. The molecule has 0 radical (unpaired) electrons. The van der Waals surface area contributed by atoms with Crippen LogP contribution < -0.4 is 0 Å². The van der Waals surface area contributed by atoms with Crippen LogP contribution in [0.3, 0.4) is 0 Å². The molecule has 182 valence electrons. The molecule has 0 aliphatic rings. The molecule has 0 fully saturated rings. The molecule has 1 aromatic carbocycles. The average molecular weight is 447 g/mol. The van der Waals surface area contributed by atoms with Gasteiger partial charge >= 0.3 is 11.9 Å². The van der Waals surface area contributed by atoms with E-state index >= 15 is 0 Å². The Kier molecular flexibility index (Phi) is 16.5. The van der Waals surface area contributed by atoms with Crippen molar-refractivity contribution >= 4 is 11.9 Å². The van der Waals surface area contributed by atoms with Crippen molar-refractivity contribution in [1.29, 1.82) is 0 Å². The summed E-state index contributed by atoms with van der Waals surface area (Å²) in [6, 6.07) is 6.71. The maximum absolute atomic E-state index is 12.4. The fraction of sp³-hybridized carbons (Fsp3) is 0.714. The van der Waals surface area contributed by atoms with Gasteiger partial charge in [-0.15, -0.1) is 0 Å². The lowest BCUT2D eigenvalue weighted by molar-refractivity contribution is 0.0427. The standard InChI is InChI=1S/C28H46O4/c1-4-5-6-7-8-9-10-11-12-13-14-15-16-19-22-31-27(29)25-20-17-18-21-26(25)28(30)32-23-24(2)3/h17-18,20-21,24H,4-16,19,22-23H2,1-3H3. The van der Waals surface area contributed by atoms with Crippen LogP contribution in [0.2, 0.25) is 0 Å². The molecule has 0 unspecified atom stereocenters. The van der Waals surface area contributed by atoms with Gasteiger partial charge in [0.2, 0.25) is 0 Å². The van der Waals surface area contributed by atoms with Crippen molar-refractivity contribution in [1.82, 2.24) is 0 Å². The monoisotopic (exact) mass is 446 g/mol. The molecule has 0 aliphatic carbocycles. The van der Waals surface area contributed by atoms with Gasteiger partial charge in [0.15, 0.2) is 0 Å². The zero-order valence-corrected chi connectivity index (χ0v) is 20.8. The van der Waals surface area contributed by atoms with E-state index in [0.717, 1.165) is 12.8 Å². The van der Waals surface area contributed by atoms with Crippen LogP contribution in [0.1, 0.15) is 131 Å². The summed E-state index contributed by atoms with van der Waals surface area (Å²) in [5, 5.41) is 0. The Bertz CT molecular complexity index is 624. The van der Waals surface area contributed by atoms with Gasteiger partial charge in [-0.05, 0) is 24.5 Å². The van der Waals surface area contributed by atoms with E-state index in [9.17, 15) is 9.59 Å². The average Bonchev–Trinajstić information content (AvgIpc) is 2.79. The van der Waals surface area contributed by atoms with E-state index in [4.69, 9.17) is 9.47 Å². The van der Waals surface area contributed by atoms with Crippen molar-refractivity contribution in [3.05, 3.63) is 35.4 Å². The van der Waals surface area contributed by atoms with Crippen LogP contribution in [0.15, 0.2) is 24.3 Å². The van der Waals surface area contributed by atoms with Crippen LogP contribution in [0.5, 0.6) is 0 Å². The number of rotatable bonds is 19. The number of hydrogen-bond acceptors (Lipinski definition) is 4. The highest BCUT2D eigenvalue weighted by Crippen LogP contribution is 2.15. The molecule has 0 aromatic heterocycles. The van der Waals surface area contributed by atoms with E-state index in [-0.39, 0.29) is 17.0 Å². The van der Waals surface area contributed by atoms with Gasteiger partial charge in [-0.2, -0.15) is 0 Å². The smallest absolute Gasteiger partial charge is 0.339 e. The number of carbonyl (C=O) groups excluding carboxylic acids is 2. The molecule has 32 heavy (non-hydrogen) atoms. The van der Waals surface area contributed by atoms with Crippen molar-refractivity contribution in [3.8, 4) is 0 Å². The quantitative estimate of drug-likeness (QED) is 0.159. The van der Waals surface area contributed by atoms with Gasteiger partial charge in [0.05, 0.1) is 24.3 Å². The van der Waals surface area contributed by atoms with Crippen molar-refractivity contribution in [2.45, 2.75) is 111 Å². The van der Waals surface area contributed by atoms with Crippen LogP contribution in [0.25, 0.3) is 0 Å². The molecule has 1 rings (SSSR count). The van der Waals surface area contributed by atoms with E-state index in [0.29, 0.717) is 13.2 Å². The maximum Gasteiger partial charge on any atom is 0.339 e. The van der Waals surface area contributed by atoms with Gasteiger partial charge in [0, 0.05) is 0 Å². The van der Waals surface area contributed by atoms with Crippen LogP contribution in [-0.2, 0) is 9.47 Å². The zero-order chi connectivity index (χ0) is 23.4. The molecule has 0 aliphatic heterocycles. The second kappa shape index (κ2) is 18.7. The predicted octanol–water partition coefficient (Wildman–Crippen LogP) is 8.14. The third-order valence-electron chi connectivity index (χ3n) is 5.65. The summed E-state index contributed by atoms with van der Waals surface area (Å²) in [5.41, 5.74) is 0.561. The van der Waals surface area contributed by atoms with E-state index in [1.807, 2.05) is 13.8 Å². The normalized spacial score (nSPS) is 11.0. The predicted molar refractivity (Wildman–Crippen MR) is 132 cm³/mol. The number of unbranched alkanes of at least 4 members (excludes halogenated alkanes) is 13. The van der Waals surface area contributed by atoms with Gasteiger partial charge in [-0.3, -0.25) is 0 Å². The Morgan fingerprint density at radius 1 is 0.656 bits per heavy atom. The van der Waals surface area contributed by atoms with Crippen LogP contribution in [0, 0.1) is 5.92 Å². The zero-order valence-electron chi connectivity index (χ0n) is 20.8. The minimum atomic E-state index is -0.470. The summed E-state index contributed by atoms with van der Waals surface area (Å²) >= 11 is 0. The SMILES string of the molecule is CCCCCCCCCCCCCCCCOC(=O)c1ccccc1C(=O)OCC(C)C. The lowest BCUT2D eigenvalue weighted by Crippen LogP contribution is -2.16. The summed E-state index contributed by atoms with van der Waals surface area (Å²) < 4.78 is 10.7. The molecular formula is C28H46O4. The Labute approximate surface area is 196 Å². The molecule has 4 heteroatoms. The van der Waals surface area contributed by atoms with E-state index in [1.54, 1.807) is 24.3 Å². The minimum absolute atomic E-state index is 0.249. The number of benzene rings is 1. The van der Waals surface area contributed by atoms with Crippen molar-refractivity contribution in [2.24, 2.45) is 5.92 Å². The third kappa shape index (κ3) is 13.5. The number of ether oxygens (including phenoxy) is 2. The van der Waals surface area contributed by atoms with Crippen molar-refractivity contribution in [3.63, 3.8) is 0 Å². The Morgan fingerprint density at radius 2 is 1.06 bits per heavy atom. The largest absolute Gasteiger partial charge is 0.462 e. The number of carbonyl (C=O) groups is 2. The fourth-order valence-corrected chi connectivity index (χ4v) is 3.70. The number of hydrogen-bond donors (Lipinski definition) is 0. The van der Waals surface area contributed by atoms with Crippen molar-refractivity contribution in [2.75, 3.05) is 13.2 Å². The highest BCUT2D eigenvalue weighted by Gasteiger charge is 2.19. The lowest BCUT2D eigenvalue weighted by atomic mass is 10.0. The van der Waals surface area contributed by atoms with E-state index < -0.39 is 11.9 Å². The first-order valence-corrected chi connectivity index (χ1v) is 13.0. The molecule has 0 saturated heterocycles. The van der Waals surface area contributed by atoms with Gasteiger partial charge in [0.1, 0.15) is 0 Å². The Balaban J connectivity index is 2.08. The molecule has 0 saturated carbocycles. The second-order valence-corrected chi connectivity index (χ2v) is 9.27. The molecule has 1 aromatic rings. The second-order valence-electron chi connectivity index (χ2n) is 9.27. The Hall–Kier alpha value is -1.84. The number of esters is 2. The van der Waals surface area contributed by atoms with Gasteiger partial charge < -0.3 is 9.47 Å². The summed E-state index contributed by atoms with van der Waals surface area (Å²) in [6.45, 7) is 6.95. The summed E-state index contributed by atoms with van der Waals surface area (Å²) in [7, 11) is 0.